The highest BCUT2D eigenvalue weighted by Gasteiger charge is 2.19. The minimum atomic E-state index is -0.697. The van der Waals surface area contributed by atoms with E-state index in [2.05, 4.69) is 10.6 Å². The van der Waals surface area contributed by atoms with E-state index in [1.54, 1.807) is 48.5 Å². The summed E-state index contributed by atoms with van der Waals surface area (Å²) in [6, 6.07) is 24.0. The molecule has 0 unspecified atom stereocenters. The summed E-state index contributed by atoms with van der Waals surface area (Å²) in [4.78, 5) is 53.8. The molecule has 1 aromatic heterocycles. The zero-order valence-corrected chi connectivity index (χ0v) is 23.5. The van der Waals surface area contributed by atoms with Crippen LogP contribution in [0.1, 0.15) is 27.0 Å². The lowest BCUT2D eigenvalue weighted by atomic mass is 10.1. The predicted octanol–water partition coefficient (Wildman–Crippen LogP) is 4.07. The highest BCUT2D eigenvalue weighted by atomic mass is 16.7. The Kier molecular flexibility index (Phi) is 7.25. The maximum Gasteiger partial charge on any atom is 0.336 e. The Labute approximate surface area is 246 Å². The quantitative estimate of drug-likeness (QED) is 0.302. The van der Waals surface area contributed by atoms with Crippen LogP contribution in [0, 0.1) is 13.8 Å². The number of benzene rings is 4. The Bertz CT molecular complexity index is 2010. The third-order valence-electron chi connectivity index (χ3n) is 7.27. The lowest BCUT2D eigenvalue weighted by Gasteiger charge is -2.16. The van der Waals surface area contributed by atoms with Gasteiger partial charge in [0.2, 0.25) is 12.7 Å². The molecule has 10 nitrogen and oxygen atoms in total. The van der Waals surface area contributed by atoms with Crippen molar-refractivity contribution in [3.8, 4) is 17.2 Å². The zero-order valence-electron chi connectivity index (χ0n) is 23.5. The first-order valence-corrected chi connectivity index (χ1v) is 13.7. The highest BCUT2D eigenvalue weighted by molar-refractivity contribution is 5.98. The number of rotatable bonds is 7. The van der Waals surface area contributed by atoms with Crippen LogP contribution < -0.4 is 31.4 Å². The largest absolute Gasteiger partial charge is 0.454 e. The molecule has 0 radical (unpaired) electrons. The van der Waals surface area contributed by atoms with Gasteiger partial charge in [0.05, 0.1) is 16.6 Å². The lowest BCUT2D eigenvalue weighted by molar-refractivity contribution is -0.116. The van der Waals surface area contributed by atoms with Gasteiger partial charge in [0.15, 0.2) is 11.5 Å². The Morgan fingerprint density at radius 2 is 1.65 bits per heavy atom. The summed E-state index contributed by atoms with van der Waals surface area (Å²) in [7, 11) is 0. The smallest absolute Gasteiger partial charge is 0.336 e. The third-order valence-corrected chi connectivity index (χ3v) is 7.27. The van der Waals surface area contributed by atoms with Crippen molar-refractivity contribution in [1.82, 2.24) is 14.5 Å². The van der Waals surface area contributed by atoms with Gasteiger partial charge in [-0.2, -0.15) is 0 Å². The fraction of sp³-hybridized carbons (Fsp3) is 0.152. The Balaban J connectivity index is 1.36. The average Bonchev–Trinajstić information content (AvgIpc) is 3.48. The minimum Gasteiger partial charge on any atom is -0.454 e. The zero-order chi connectivity index (χ0) is 30.1. The number of aryl methyl sites for hydroxylation is 2. The molecule has 0 aliphatic carbocycles. The average molecular weight is 577 g/mol. The maximum absolute atomic E-state index is 13.8. The van der Waals surface area contributed by atoms with Gasteiger partial charge in [-0.1, -0.05) is 42.0 Å². The van der Waals surface area contributed by atoms with Crippen molar-refractivity contribution in [2.24, 2.45) is 0 Å². The summed E-state index contributed by atoms with van der Waals surface area (Å²) in [6.45, 7) is 3.83. The van der Waals surface area contributed by atoms with Crippen LogP contribution in [-0.2, 0) is 17.9 Å². The van der Waals surface area contributed by atoms with E-state index in [1.807, 2.05) is 32.0 Å². The molecule has 216 valence electrons. The van der Waals surface area contributed by atoms with Gasteiger partial charge in [0.25, 0.3) is 11.5 Å². The van der Waals surface area contributed by atoms with Gasteiger partial charge in [-0.05, 0) is 73.5 Å². The monoisotopic (exact) mass is 576 g/mol. The SMILES string of the molecule is Cc1ccc(NC(=O)Cn2c(=O)n(-c3ccccc3)c(=O)c3ccc(C(=O)NCc4ccc5c(c4)OCO5)cc32)c(C)c1. The Morgan fingerprint density at radius 3 is 2.44 bits per heavy atom. The van der Waals surface area contributed by atoms with Gasteiger partial charge in [0, 0.05) is 17.8 Å². The van der Waals surface area contributed by atoms with Crippen LogP contribution in [0.2, 0.25) is 0 Å². The topological polar surface area (TPSA) is 121 Å². The summed E-state index contributed by atoms with van der Waals surface area (Å²) in [5, 5.41) is 5.91. The molecule has 0 spiro atoms. The van der Waals surface area contributed by atoms with Crippen molar-refractivity contribution in [1.29, 1.82) is 0 Å². The number of fused-ring (bicyclic) bond motifs is 2. The van der Waals surface area contributed by atoms with Crippen molar-refractivity contribution in [2.75, 3.05) is 12.1 Å². The number of carbonyl (C=O) groups is 2. The minimum absolute atomic E-state index is 0.151. The van der Waals surface area contributed by atoms with Crippen molar-refractivity contribution >= 4 is 28.4 Å². The van der Waals surface area contributed by atoms with Gasteiger partial charge in [-0.25, -0.2) is 9.36 Å². The number of hydrogen-bond acceptors (Lipinski definition) is 6. The molecule has 0 atom stereocenters. The van der Waals surface area contributed by atoms with Crippen LogP contribution in [0.5, 0.6) is 11.5 Å². The summed E-state index contributed by atoms with van der Waals surface area (Å²) >= 11 is 0. The molecule has 0 fully saturated rings. The molecular formula is C33H28N4O6. The first kappa shape index (κ1) is 27.5. The second kappa shape index (κ2) is 11.3. The molecule has 6 rings (SSSR count). The molecule has 1 aliphatic heterocycles. The molecule has 0 bridgehead atoms. The van der Waals surface area contributed by atoms with Gasteiger partial charge >= 0.3 is 5.69 Å². The molecule has 2 heterocycles. The van der Waals surface area contributed by atoms with Gasteiger partial charge in [-0.15, -0.1) is 0 Å². The van der Waals surface area contributed by atoms with Crippen molar-refractivity contribution in [2.45, 2.75) is 26.9 Å². The second-order valence-electron chi connectivity index (χ2n) is 10.3. The van der Waals surface area contributed by atoms with Gasteiger partial charge < -0.3 is 20.1 Å². The number of para-hydroxylation sites is 1. The Morgan fingerprint density at radius 1 is 0.860 bits per heavy atom. The van der Waals surface area contributed by atoms with Crippen LogP contribution in [0.15, 0.2) is 94.5 Å². The first-order valence-electron chi connectivity index (χ1n) is 13.7. The summed E-state index contributed by atoms with van der Waals surface area (Å²) < 4.78 is 13.0. The van der Waals surface area contributed by atoms with Gasteiger partial charge in [0.1, 0.15) is 6.54 Å². The van der Waals surface area contributed by atoms with Crippen molar-refractivity contribution in [3.05, 3.63) is 128 Å². The number of anilines is 1. The fourth-order valence-corrected chi connectivity index (χ4v) is 5.09. The normalized spacial score (nSPS) is 11.9. The number of nitrogens with zero attached hydrogens (tertiary/aromatic N) is 2. The second-order valence-corrected chi connectivity index (χ2v) is 10.3. The highest BCUT2D eigenvalue weighted by Crippen LogP contribution is 2.32. The van der Waals surface area contributed by atoms with E-state index in [-0.39, 0.29) is 36.3 Å². The van der Waals surface area contributed by atoms with Crippen LogP contribution in [0.4, 0.5) is 5.69 Å². The third kappa shape index (κ3) is 5.50. The molecule has 10 heteroatoms. The number of ether oxygens (including phenoxy) is 2. The van der Waals surface area contributed by atoms with E-state index in [0.29, 0.717) is 22.9 Å². The van der Waals surface area contributed by atoms with Crippen molar-refractivity contribution in [3.63, 3.8) is 0 Å². The van der Waals surface area contributed by atoms with Crippen molar-refractivity contribution < 1.29 is 19.1 Å². The summed E-state index contributed by atoms with van der Waals surface area (Å²) in [5.74, 6) is 0.386. The lowest BCUT2D eigenvalue weighted by Crippen LogP contribution is -2.41. The summed E-state index contributed by atoms with van der Waals surface area (Å²) in [5.41, 5.74) is 2.88. The van der Waals surface area contributed by atoms with Crippen LogP contribution in [-0.4, -0.2) is 27.7 Å². The van der Waals surface area contributed by atoms with E-state index in [0.717, 1.165) is 21.3 Å². The van der Waals surface area contributed by atoms with E-state index in [4.69, 9.17) is 9.47 Å². The van der Waals surface area contributed by atoms with Crippen LogP contribution in [0.3, 0.4) is 0 Å². The fourth-order valence-electron chi connectivity index (χ4n) is 5.09. The van der Waals surface area contributed by atoms with E-state index >= 15 is 0 Å². The predicted molar refractivity (Wildman–Crippen MR) is 162 cm³/mol. The maximum atomic E-state index is 13.8. The number of hydrogen-bond donors (Lipinski definition) is 2. The number of carbonyl (C=O) groups excluding carboxylic acids is 2. The molecule has 0 saturated carbocycles. The molecule has 2 N–H and O–H groups in total. The molecule has 43 heavy (non-hydrogen) atoms. The number of aromatic nitrogens is 2. The number of nitrogens with one attached hydrogen (secondary N) is 2. The van der Waals surface area contributed by atoms with Gasteiger partial charge in [-0.3, -0.25) is 19.0 Å². The standard InChI is InChI=1S/C33H28N4O6/c1-20-8-12-26(21(2)14-20)35-30(38)18-36-27-16-23(31(39)34-17-22-9-13-28-29(15-22)43-19-42-28)10-11-25(27)32(40)37(33(36)41)24-6-4-3-5-7-24/h3-16H,17-19H2,1-2H3,(H,34,39)(H,35,38). The molecular weight excluding hydrogens is 548 g/mol. The summed E-state index contributed by atoms with van der Waals surface area (Å²) in [6.07, 6.45) is 0. The van der Waals surface area contributed by atoms with E-state index in [1.165, 1.54) is 22.8 Å². The molecule has 2 amide bonds. The molecule has 4 aromatic carbocycles. The van der Waals surface area contributed by atoms with E-state index in [9.17, 15) is 19.2 Å². The Hall–Kier alpha value is -5.64. The molecule has 5 aromatic rings. The molecule has 0 saturated heterocycles. The van der Waals surface area contributed by atoms with Crippen LogP contribution >= 0.6 is 0 Å². The van der Waals surface area contributed by atoms with E-state index < -0.39 is 23.1 Å². The molecule has 1 aliphatic rings. The first-order chi connectivity index (χ1) is 20.8. The van der Waals surface area contributed by atoms with Crippen LogP contribution in [0.25, 0.3) is 16.6 Å². The number of amides is 2.